The summed E-state index contributed by atoms with van der Waals surface area (Å²) in [5, 5.41) is 3.76. The molecule has 0 spiro atoms. The van der Waals surface area contributed by atoms with Crippen LogP contribution in [0.5, 0.6) is 17.2 Å². The highest BCUT2D eigenvalue weighted by Crippen LogP contribution is 2.29. The Balaban J connectivity index is 1.40. The van der Waals surface area contributed by atoms with Crippen molar-refractivity contribution in [3.63, 3.8) is 0 Å². The highest BCUT2D eigenvalue weighted by atomic mass is 32.2. The molecule has 0 bridgehead atoms. The molecule has 7 nitrogen and oxygen atoms in total. The summed E-state index contributed by atoms with van der Waals surface area (Å²) in [4.78, 5) is 17.3. The third-order valence-electron chi connectivity index (χ3n) is 5.38. The molecule has 8 heteroatoms. The summed E-state index contributed by atoms with van der Waals surface area (Å²) < 4.78 is 18.0. The molecule has 0 aliphatic rings. The van der Waals surface area contributed by atoms with Gasteiger partial charge in [0.25, 0.3) is 0 Å². The fourth-order valence-electron chi connectivity index (χ4n) is 3.65. The van der Waals surface area contributed by atoms with E-state index in [1.165, 1.54) is 11.8 Å². The molecule has 1 aromatic heterocycles. The topological polar surface area (TPSA) is 74.6 Å². The molecule has 1 N–H and O–H groups in total. The van der Waals surface area contributed by atoms with Crippen LogP contribution in [-0.4, -0.2) is 49.1 Å². The molecule has 1 amide bonds. The molecule has 0 saturated heterocycles. The Hall–Kier alpha value is -3.65. The smallest absolute Gasteiger partial charge is 0.230 e. The van der Waals surface area contributed by atoms with Gasteiger partial charge in [-0.25, -0.2) is 4.98 Å². The van der Waals surface area contributed by atoms with E-state index in [0.717, 1.165) is 33.2 Å². The molecule has 0 saturated carbocycles. The summed E-state index contributed by atoms with van der Waals surface area (Å²) in [5.41, 5.74) is 3.90. The van der Waals surface area contributed by atoms with E-state index in [1.807, 2.05) is 66.7 Å². The first-order valence-corrected chi connectivity index (χ1v) is 11.8. The van der Waals surface area contributed by atoms with Crippen molar-refractivity contribution in [2.24, 2.45) is 0 Å². The third kappa shape index (κ3) is 5.28. The average Bonchev–Trinajstić information content (AvgIpc) is 3.25. The van der Waals surface area contributed by atoms with Crippen molar-refractivity contribution in [1.29, 1.82) is 0 Å². The van der Waals surface area contributed by atoms with Crippen LogP contribution < -0.4 is 19.5 Å². The number of amides is 1. The molecule has 4 rings (SSSR count). The zero-order chi connectivity index (χ0) is 23.9. The molecule has 0 aliphatic heterocycles. The van der Waals surface area contributed by atoms with Crippen LogP contribution in [0.25, 0.3) is 16.7 Å². The van der Waals surface area contributed by atoms with Gasteiger partial charge in [-0.3, -0.25) is 9.36 Å². The number of methoxy groups -OCH3 is 3. The van der Waals surface area contributed by atoms with Crippen LogP contribution >= 0.6 is 11.8 Å². The second-order valence-corrected chi connectivity index (χ2v) is 8.44. The Morgan fingerprint density at radius 1 is 0.941 bits per heavy atom. The van der Waals surface area contributed by atoms with Crippen LogP contribution in [-0.2, 0) is 11.2 Å². The van der Waals surface area contributed by atoms with Gasteiger partial charge in [0.15, 0.2) is 16.7 Å². The van der Waals surface area contributed by atoms with Crippen LogP contribution in [0, 0.1) is 0 Å². The fourth-order valence-corrected chi connectivity index (χ4v) is 4.50. The highest BCUT2D eigenvalue weighted by molar-refractivity contribution is 7.99. The molecule has 1 heterocycles. The number of thioether (sulfide) groups is 1. The zero-order valence-corrected chi connectivity index (χ0v) is 20.2. The van der Waals surface area contributed by atoms with Crippen LogP contribution in [0.4, 0.5) is 0 Å². The summed E-state index contributed by atoms with van der Waals surface area (Å²) in [6.07, 6.45) is 0.696. The van der Waals surface area contributed by atoms with E-state index in [4.69, 9.17) is 19.2 Å². The Kier molecular flexibility index (Phi) is 7.59. The van der Waals surface area contributed by atoms with Gasteiger partial charge < -0.3 is 19.5 Å². The van der Waals surface area contributed by atoms with Gasteiger partial charge in [0.1, 0.15) is 5.75 Å². The minimum absolute atomic E-state index is 0.0428. The number of para-hydroxylation sites is 2. The summed E-state index contributed by atoms with van der Waals surface area (Å²) in [7, 11) is 4.87. The molecule has 176 valence electrons. The van der Waals surface area contributed by atoms with Crippen molar-refractivity contribution < 1.29 is 19.0 Å². The number of fused-ring (bicyclic) bond motifs is 1. The van der Waals surface area contributed by atoms with Gasteiger partial charge in [0, 0.05) is 12.2 Å². The maximum atomic E-state index is 12.5. The van der Waals surface area contributed by atoms with E-state index in [9.17, 15) is 4.79 Å². The van der Waals surface area contributed by atoms with Gasteiger partial charge in [-0.1, -0.05) is 30.0 Å². The third-order valence-corrected chi connectivity index (χ3v) is 6.32. The molecular formula is C26H27N3O4S. The first kappa shape index (κ1) is 23.5. The predicted octanol–water partition coefficient (Wildman–Crippen LogP) is 4.50. The number of carbonyl (C=O) groups excluding carboxylic acids is 1. The lowest BCUT2D eigenvalue weighted by Crippen LogP contribution is -2.27. The van der Waals surface area contributed by atoms with Gasteiger partial charge >= 0.3 is 0 Å². The predicted molar refractivity (Wildman–Crippen MR) is 135 cm³/mol. The molecule has 0 aliphatic carbocycles. The number of carbonyl (C=O) groups is 1. The summed E-state index contributed by atoms with van der Waals surface area (Å²) in [5.74, 6) is 2.38. The van der Waals surface area contributed by atoms with E-state index in [-0.39, 0.29) is 11.7 Å². The molecule has 0 fully saturated rings. The first-order valence-electron chi connectivity index (χ1n) is 10.8. The Morgan fingerprint density at radius 2 is 1.71 bits per heavy atom. The zero-order valence-electron chi connectivity index (χ0n) is 19.4. The number of nitrogens with zero attached hydrogens (tertiary/aromatic N) is 2. The number of hydrogen-bond acceptors (Lipinski definition) is 6. The van der Waals surface area contributed by atoms with Gasteiger partial charge in [0.05, 0.1) is 38.1 Å². The van der Waals surface area contributed by atoms with Crippen LogP contribution in [0.3, 0.4) is 0 Å². The van der Waals surface area contributed by atoms with Crippen molar-refractivity contribution in [3.05, 3.63) is 72.3 Å². The number of nitrogens with one attached hydrogen (secondary N) is 1. The average molecular weight is 478 g/mol. The van der Waals surface area contributed by atoms with Crippen molar-refractivity contribution >= 4 is 28.7 Å². The van der Waals surface area contributed by atoms with Crippen molar-refractivity contribution in [1.82, 2.24) is 14.9 Å². The molecular weight excluding hydrogens is 450 g/mol. The Morgan fingerprint density at radius 3 is 2.44 bits per heavy atom. The van der Waals surface area contributed by atoms with Crippen molar-refractivity contribution in [3.8, 4) is 22.9 Å². The lowest BCUT2D eigenvalue weighted by Gasteiger charge is -2.11. The van der Waals surface area contributed by atoms with E-state index in [2.05, 4.69) is 9.88 Å². The van der Waals surface area contributed by atoms with Gasteiger partial charge in [-0.05, 0) is 60.5 Å². The quantitative estimate of drug-likeness (QED) is 0.339. The standard InChI is InChI=1S/C26H27N3O4S/c1-31-20-11-9-19(10-12-20)29-22-7-5-4-6-21(22)28-26(29)34-17-25(30)27-15-14-18-8-13-23(32-2)24(16-18)33-3/h4-13,16H,14-15,17H2,1-3H3,(H,27,30). The van der Waals surface area contributed by atoms with Crippen molar-refractivity contribution in [2.45, 2.75) is 11.6 Å². The van der Waals surface area contributed by atoms with Gasteiger partial charge in [0.2, 0.25) is 5.91 Å². The summed E-state index contributed by atoms with van der Waals surface area (Å²) in [6.45, 7) is 0.532. The second-order valence-electron chi connectivity index (χ2n) is 7.49. The summed E-state index contributed by atoms with van der Waals surface area (Å²) >= 11 is 1.41. The number of ether oxygens (including phenoxy) is 3. The van der Waals surface area contributed by atoms with Crippen LogP contribution in [0.2, 0.25) is 0 Å². The van der Waals surface area contributed by atoms with Crippen LogP contribution in [0.1, 0.15) is 5.56 Å². The van der Waals surface area contributed by atoms with Crippen molar-refractivity contribution in [2.75, 3.05) is 33.6 Å². The number of hydrogen-bond donors (Lipinski definition) is 1. The van der Waals surface area contributed by atoms with E-state index in [1.54, 1.807) is 21.3 Å². The maximum absolute atomic E-state index is 12.5. The first-order chi connectivity index (χ1) is 16.6. The molecule has 0 radical (unpaired) electrons. The minimum atomic E-state index is -0.0428. The Labute approximate surface area is 203 Å². The minimum Gasteiger partial charge on any atom is -0.497 e. The number of aromatic nitrogens is 2. The molecule has 4 aromatic rings. The highest BCUT2D eigenvalue weighted by Gasteiger charge is 2.14. The number of imidazole rings is 1. The fraction of sp³-hybridized carbons (Fsp3) is 0.231. The monoisotopic (exact) mass is 477 g/mol. The maximum Gasteiger partial charge on any atom is 0.230 e. The summed E-state index contributed by atoms with van der Waals surface area (Å²) in [6, 6.07) is 21.5. The molecule has 0 unspecified atom stereocenters. The second kappa shape index (κ2) is 11.0. The van der Waals surface area contributed by atoms with E-state index < -0.39 is 0 Å². The molecule has 34 heavy (non-hydrogen) atoms. The molecule has 0 atom stereocenters. The molecule has 3 aromatic carbocycles. The Bertz CT molecular complexity index is 1270. The van der Waals surface area contributed by atoms with Crippen LogP contribution in [0.15, 0.2) is 71.9 Å². The normalized spacial score (nSPS) is 10.8. The van der Waals surface area contributed by atoms with Gasteiger partial charge in [-0.15, -0.1) is 0 Å². The van der Waals surface area contributed by atoms with Gasteiger partial charge in [-0.2, -0.15) is 0 Å². The largest absolute Gasteiger partial charge is 0.497 e. The van der Waals surface area contributed by atoms with E-state index >= 15 is 0 Å². The lowest BCUT2D eigenvalue weighted by molar-refractivity contribution is -0.118. The SMILES string of the molecule is COc1ccc(-n2c(SCC(=O)NCCc3ccc(OC)c(OC)c3)nc3ccccc32)cc1. The number of rotatable bonds is 10. The lowest BCUT2D eigenvalue weighted by atomic mass is 10.1. The number of benzene rings is 3. The van der Waals surface area contributed by atoms with E-state index in [0.29, 0.717) is 24.5 Å².